The SMILES string of the molecule is Cc1ccccc1[C@@H]1CC(=O)c2cnc3c(-c4ccccc4)c(C)nn3c2C1. The molecule has 4 nitrogen and oxygen atoms in total. The van der Waals surface area contributed by atoms with Crippen LogP contribution in [0.1, 0.15) is 45.2 Å². The first-order valence-electron chi connectivity index (χ1n) is 9.65. The summed E-state index contributed by atoms with van der Waals surface area (Å²) in [7, 11) is 0. The Morgan fingerprint density at radius 3 is 2.50 bits per heavy atom. The molecule has 0 fully saturated rings. The minimum atomic E-state index is 0.151. The third-order valence-electron chi connectivity index (χ3n) is 5.78. The van der Waals surface area contributed by atoms with E-state index in [-0.39, 0.29) is 11.7 Å². The summed E-state index contributed by atoms with van der Waals surface area (Å²) < 4.78 is 1.90. The highest BCUT2D eigenvalue weighted by Crippen LogP contribution is 2.36. The minimum absolute atomic E-state index is 0.151. The number of nitrogens with zero attached hydrogens (tertiary/aromatic N) is 3. The van der Waals surface area contributed by atoms with Crippen molar-refractivity contribution in [2.75, 3.05) is 0 Å². The van der Waals surface area contributed by atoms with Crippen LogP contribution in [-0.2, 0) is 6.42 Å². The Bertz CT molecular complexity index is 1210. The zero-order valence-electron chi connectivity index (χ0n) is 16.0. The molecule has 28 heavy (non-hydrogen) atoms. The Balaban J connectivity index is 1.69. The van der Waals surface area contributed by atoms with E-state index in [1.165, 1.54) is 11.1 Å². The molecule has 2 aromatic carbocycles. The number of rotatable bonds is 2. The Labute approximate surface area is 163 Å². The number of hydrogen-bond acceptors (Lipinski definition) is 3. The second-order valence-electron chi connectivity index (χ2n) is 7.57. The van der Waals surface area contributed by atoms with E-state index in [1.807, 2.05) is 35.7 Å². The number of aromatic nitrogens is 3. The molecule has 0 spiro atoms. The average Bonchev–Trinajstić information content (AvgIpc) is 3.05. The molecular formula is C24H21N3O. The highest BCUT2D eigenvalue weighted by molar-refractivity contribution is 5.99. The molecule has 2 heterocycles. The molecule has 0 bridgehead atoms. The standard InChI is InChI=1S/C24H21N3O/c1-15-8-6-7-11-19(15)18-12-21-20(22(28)13-18)14-25-24-23(16(2)26-27(21)24)17-9-4-3-5-10-17/h3-11,14,18H,12-13H2,1-2H3/t18-/m0/s1. The largest absolute Gasteiger partial charge is 0.294 e. The van der Waals surface area contributed by atoms with Gasteiger partial charge in [-0.05, 0) is 42.9 Å². The molecule has 4 heteroatoms. The summed E-state index contributed by atoms with van der Waals surface area (Å²) in [6.45, 7) is 4.12. The van der Waals surface area contributed by atoms with Gasteiger partial charge in [-0.1, -0.05) is 54.6 Å². The molecule has 4 aromatic rings. The van der Waals surface area contributed by atoms with Crippen molar-refractivity contribution in [3.63, 3.8) is 0 Å². The lowest BCUT2D eigenvalue weighted by Crippen LogP contribution is -2.23. The molecule has 0 amide bonds. The summed E-state index contributed by atoms with van der Waals surface area (Å²) in [6, 6.07) is 18.6. The van der Waals surface area contributed by atoms with E-state index in [0.717, 1.165) is 34.6 Å². The van der Waals surface area contributed by atoms with Crippen molar-refractivity contribution in [1.82, 2.24) is 14.6 Å². The van der Waals surface area contributed by atoms with Crippen molar-refractivity contribution in [2.24, 2.45) is 0 Å². The third-order valence-corrected chi connectivity index (χ3v) is 5.78. The number of aryl methyl sites for hydroxylation is 2. The number of carbonyl (C=O) groups is 1. The molecular weight excluding hydrogens is 346 g/mol. The van der Waals surface area contributed by atoms with Gasteiger partial charge in [0.1, 0.15) is 0 Å². The van der Waals surface area contributed by atoms with Gasteiger partial charge in [0.15, 0.2) is 11.4 Å². The van der Waals surface area contributed by atoms with Crippen molar-refractivity contribution in [3.8, 4) is 11.1 Å². The fraction of sp³-hybridized carbons (Fsp3) is 0.208. The summed E-state index contributed by atoms with van der Waals surface area (Å²) in [5.74, 6) is 0.329. The zero-order valence-corrected chi connectivity index (χ0v) is 16.0. The van der Waals surface area contributed by atoms with Gasteiger partial charge < -0.3 is 0 Å². The molecule has 0 aliphatic heterocycles. The number of fused-ring (bicyclic) bond motifs is 3. The van der Waals surface area contributed by atoms with E-state index in [9.17, 15) is 4.79 Å². The molecule has 0 N–H and O–H groups in total. The van der Waals surface area contributed by atoms with E-state index < -0.39 is 0 Å². The van der Waals surface area contributed by atoms with Gasteiger partial charge in [-0.25, -0.2) is 9.50 Å². The van der Waals surface area contributed by atoms with Crippen molar-refractivity contribution >= 4 is 11.4 Å². The van der Waals surface area contributed by atoms with Crippen LogP contribution in [0.3, 0.4) is 0 Å². The summed E-state index contributed by atoms with van der Waals surface area (Å²) in [4.78, 5) is 17.5. The van der Waals surface area contributed by atoms with Crippen molar-refractivity contribution in [2.45, 2.75) is 32.6 Å². The first-order chi connectivity index (χ1) is 13.6. The molecule has 1 aliphatic carbocycles. The maximum atomic E-state index is 12.9. The van der Waals surface area contributed by atoms with E-state index in [4.69, 9.17) is 5.10 Å². The van der Waals surface area contributed by atoms with Crippen LogP contribution >= 0.6 is 0 Å². The monoisotopic (exact) mass is 367 g/mol. The molecule has 138 valence electrons. The van der Waals surface area contributed by atoms with Crippen LogP contribution in [-0.4, -0.2) is 20.4 Å². The highest BCUT2D eigenvalue weighted by Gasteiger charge is 2.30. The van der Waals surface area contributed by atoms with Crippen LogP contribution in [0.25, 0.3) is 16.8 Å². The molecule has 0 saturated heterocycles. The summed E-state index contributed by atoms with van der Waals surface area (Å²) >= 11 is 0. The maximum absolute atomic E-state index is 12.9. The van der Waals surface area contributed by atoms with Gasteiger partial charge in [0.25, 0.3) is 0 Å². The van der Waals surface area contributed by atoms with E-state index in [2.05, 4.69) is 42.2 Å². The Kier molecular flexibility index (Phi) is 3.86. The lowest BCUT2D eigenvalue weighted by Gasteiger charge is -2.25. The second-order valence-corrected chi connectivity index (χ2v) is 7.57. The number of ketones is 1. The van der Waals surface area contributed by atoms with Crippen LogP contribution in [0, 0.1) is 13.8 Å². The lowest BCUT2D eigenvalue weighted by atomic mass is 9.80. The van der Waals surface area contributed by atoms with E-state index in [0.29, 0.717) is 12.0 Å². The predicted octanol–water partition coefficient (Wildman–Crippen LogP) is 4.93. The topological polar surface area (TPSA) is 47.3 Å². The van der Waals surface area contributed by atoms with Gasteiger partial charge in [-0.3, -0.25) is 4.79 Å². The lowest BCUT2D eigenvalue weighted by molar-refractivity contribution is 0.0962. The third kappa shape index (κ3) is 2.56. The maximum Gasteiger partial charge on any atom is 0.166 e. The van der Waals surface area contributed by atoms with Crippen molar-refractivity contribution in [3.05, 3.63) is 88.9 Å². The molecule has 5 rings (SSSR count). The molecule has 2 aromatic heterocycles. The Morgan fingerprint density at radius 1 is 0.964 bits per heavy atom. The molecule has 0 unspecified atom stereocenters. The van der Waals surface area contributed by atoms with Crippen molar-refractivity contribution < 1.29 is 4.79 Å². The number of hydrogen-bond donors (Lipinski definition) is 0. The fourth-order valence-corrected chi connectivity index (χ4v) is 4.41. The first-order valence-corrected chi connectivity index (χ1v) is 9.65. The Morgan fingerprint density at radius 2 is 1.71 bits per heavy atom. The van der Waals surface area contributed by atoms with Gasteiger partial charge in [-0.2, -0.15) is 5.10 Å². The van der Waals surface area contributed by atoms with Crippen LogP contribution in [0.2, 0.25) is 0 Å². The fourth-order valence-electron chi connectivity index (χ4n) is 4.41. The van der Waals surface area contributed by atoms with Gasteiger partial charge in [0.2, 0.25) is 0 Å². The van der Waals surface area contributed by atoms with E-state index in [1.54, 1.807) is 6.20 Å². The van der Waals surface area contributed by atoms with E-state index >= 15 is 0 Å². The number of benzene rings is 2. The van der Waals surface area contributed by atoms with Gasteiger partial charge in [0, 0.05) is 18.2 Å². The number of Topliss-reactive ketones (excluding diaryl/α,β-unsaturated/α-hetero) is 1. The molecule has 1 atom stereocenters. The first kappa shape index (κ1) is 16.9. The zero-order chi connectivity index (χ0) is 19.3. The van der Waals surface area contributed by atoms with Crippen LogP contribution in [0.15, 0.2) is 60.8 Å². The summed E-state index contributed by atoms with van der Waals surface area (Å²) in [5, 5.41) is 4.79. The van der Waals surface area contributed by atoms with Crippen LogP contribution in [0.4, 0.5) is 0 Å². The normalized spacial score (nSPS) is 16.4. The van der Waals surface area contributed by atoms with Crippen molar-refractivity contribution in [1.29, 1.82) is 0 Å². The molecule has 0 radical (unpaired) electrons. The summed E-state index contributed by atoms with van der Waals surface area (Å²) in [5.41, 5.74) is 8.04. The summed E-state index contributed by atoms with van der Waals surface area (Å²) in [6.07, 6.45) is 3.06. The number of carbonyl (C=O) groups excluding carboxylic acids is 1. The second kappa shape index (κ2) is 6.41. The molecule has 0 saturated carbocycles. The smallest absolute Gasteiger partial charge is 0.166 e. The highest BCUT2D eigenvalue weighted by atomic mass is 16.1. The van der Waals surface area contributed by atoms with Gasteiger partial charge >= 0.3 is 0 Å². The van der Waals surface area contributed by atoms with Gasteiger partial charge in [-0.15, -0.1) is 0 Å². The predicted molar refractivity (Wildman–Crippen MR) is 110 cm³/mol. The Hall–Kier alpha value is -3.27. The quantitative estimate of drug-likeness (QED) is 0.505. The average molecular weight is 367 g/mol. The van der Waals surface area contributed by atoms with Gasteiger partial charge in [0.05, 0.1) is 17.0 Å². The van der Waals surface area contributed by atoms with Crippen LogP contribution in [0.5, 0.6) is 0 Å². The molecule has 1 aliphatic rings. The van der Waals surface area contributed by atoms with Crippen LogP contribution < -0.4 is 0 Å². The minimum Gasteiger partial charge on any atom is -0.294 e.